The summed E-state index contributed by atoms with van der Waals surface area (Å²) in [5.41, 5.74) is 0.815. The predicted octanol–water partition coefficient (Wildman–Crippen LogP) is 5.84. The van der Waals surface area contributed by atoms with Gasteiger partial charge in [0.15, 0.2) is 11.5 Å². The van der Waals surface area contributed by atoms with Gasteiger partial charge in [-0.05, 0) is 47.9 Å². The van der Waals surface area contributed by atoms with Crippen molar-refractivity contribution in [2.45, 2.75) is 19.9 Å². The lowest BCUT2D eigenvalue weighted by molar-refractivity contribution is -0.132. The lowest BCUT2D eigenvalue weighted by atomic mass is 9.95. The number of ether oxygens (including phenoxy) is 3. The molecule has 1 aliphatic rings. The molecule has 1 N–H and O–H groups in total. The van der Waals surface area contributed by atoms with E-state index in [0.29, 0.717) is 11.3 Å². The van der Waals surface area contributed by atoms with E-state index >= 15 is 0 Å². The molecule has 1 aliphatic heterocycles. The molecule has 1 unspecified atom stereocenters. The third kappa shape index (κ3) is 5.35. The zero-order valence-electron chi connectivity index (χ0n) is 22.1. The van der Waals surface area contributed by atoms with Crippen molar-refractivity contribution in [3.8, 4) is 11.5 Å². The lowest BCUT2D eigenvalue weighted by Crippen LogP contribution is -2.29. The maximum Gasteiger partial charge on any atom is 0.338 e. The molecule has 40 heavy (non-hydrogen) atoms. The largest absolute Gasteiger partial charge is 0.507 e. The molecule has 4 rings (SSSR count). The van der Waals surface area contributed by atoms with Crippen LogP contribution in [0, 0.1) is 5.92 Å². The Morgan fingerprint density at radius 2 is 1.75 bits per heavy atom. The van der Waals surface area contributed by atoms with Crippen LogP contribution in [0.1, 0.15) is 41.4 Å². The van der Waals surface area contributed by atoms with E-state index in [2.05, 4.69) is 4.98 Å². The zero-order valence-corrected chi connectivity index (χ0v) is 23.6. The number of aliphatic hydroxyl groups is 1. The standard InChI is InChI=1S/C29H26Cl2N2O7/c1-15(2)14-40-29(37)16-7-9-18(10-8-16)33-23(17-6-5-11-32-13-17)21(25(35)28(33)36)24(34)19-12-20(30)27(39-4)22(31)26(19)38-3/h5-13,15,23,34H,14H2,1-4H3/b24-21+. The summed E-state index contributed by atoms with van der Waals surface area (Å²) in [6.07, 6.45) is 3.03. The average Bonchev–Trinajstić information content (AvgIpc) is 3.21. The Labute approximate surface area is 240 Å². The number of anilines is 1. The quantitative estimate of drug-likeness (QED) is 0.152. The van der Waals surface area contributed by atoms with Crippen LogP contribution in [-0.4, -0.2) is 48.6 Å². The molecular formula is C29H26Cl2N2O7. The van der Waals surface area contributed by atoms with Crippen molar-refractivity contribution in [2.75, 3.05) is 25.7 Å². The van der Waals surface area contributed by atoms with Gasteiger partial charge >= 0.3 is 5.97 Å². The minimum atomic E-state index is -1.07. The van der Waals surface area contributed by atoms with Gasteiger partial charge in [-0.25, -0.2) is 4.79 Å². The van der Waals surface area contributed by atoms with Gasteiger partial charge in [-0.2, -0.15) is 0 Å². The fraction of sp³-hybridized carbons (Fsp3) is 0.241. The molecule has 9 nitrogen and oxygen atoms in total. The summed E-state index contributed by atoms with van der Waals surface area (Å²) < 4.78 is 15.9. The number of nitrogens with zero attached hydrogens (tertiary/aromatic N) is 2. The Kier molecular flexibility index (Phi) is 8.66. The van der Waals surface area contributed by atoms with Crippen LogP contribution < -0.4 is 14.4 Å². The Morgan fingerprint density at radius 3 is 2.33 bits per heavy atom. The van der Waals surface area contributed by atoms with Crippen LogP contribution in [0.5, 0.6) is 11.5 Å². The Hall–Kier alpha value is -4.08. The van der Waals surface area contributed by atoms with E-state index < -0.39 is 29.5 Å². The highest BCUT2D eigenvalue weighted by Crippen LogP contribution is 2.48. The maximum atomic E-state index is 13.5. The number of carbonyl (C=O) groups is 3. The van der Waals surface area contributed by atoms with Crippen molar-refractivity contribution in [2.24, 2.45) is 5.92 Å². The number of methoxy groups -OCH3 is 2. The van der Waals surface area contributed by atoms with Crippen molar-refractivity contribution in [1.82, 2.24) is 4.98 Å². The normalized spacial score (nSPS) is 16.4. The molecule has 1 aromatic heterocycles. The second-order valence-electron chi connectivity index (χ2n) is 9.28. The van der Waals surface area contributed by atoms with Gasteiger partial charge < -0.3 is 19.3 Å². The first kappa shape index (κ1) is 28.9. The van der Waals surface area contributed by atoms with Crippen LogP contribution in [-0.2, 0) is 14.3 Å². The monoisotopic (exact) mass is 584 g/mol. The summed E-state index contributed by atoms with van der Waals surface area (Å²) in [4.78, 5) is 44.7. The number of aromatic nitrogens is 1. The third-order valence-corrected chi connectivity index (χ3v) is 6.79. The lowest BCUT2D eigenvalue weighted by Gasteiger charge is -2.25. The van der Waals surface area contributed by atoms with E-state index in [1.165, 1.54) is 55.6 Å². The predicted molar refractivity (Wildman–Crippen MR) is 150 cm³/mol. The minimum absolute atomic E-state index is 0.000755. The summed E-state index contributed by atoms with van der Waals surface area (Å²) in [6, 6.07) is 9.65. The van der Waals surface area contributed by atoms with Gasteiger partial charge in [0.05, 0.1) is 48.6 Å². The number of aliphatic hydroxyl groups excluding tert-OH is 1. The van der Waals surface area contributed by atoms with E-state index in [9.17, 15) is 19.5 Å². The Bertz CT molecular complexity index is 1490. The van der Waals surface area contributed by atoms with Crippen LogP contribution in [0.2, 0.25) is 10.0 Å². The van der Waals surface area contributed by atoms with Crippen LogP contribution >= 0.6 is 23.2 Å². The topological polar surface area (TPSA) is 115 Å². The third-order valence-electron chi connectivity index (χ3n) is 6.17. The molecular weight excluding hydrogens is 559 g/mol. The van der Waals surface area contributed by atoms with E-state index in [-0.39, 0.29) is 50.8 Å². The SMILES string of the molecule is COc1c(Cl)cc(/C(O)=C2\C(=O)C(=O)N(c3ccc(C(=O)OCC(C)C)cc3)C2c2cccnc2)c(OC)c1Cl. The summed E-state index contributed by atoms with van der Waals surface area (Å²) >= 11 is 12.7. The molecule has 2 aromatic carbocycles. The van der Waals surface area contributed by atoms with E-state index in [1.54, 1.807) is 18.3 Å². The molecule has 0 bridgehead atoms. The van der Waals surface area contributed by atoms with E-state index in [1.807, 2.05) is 13.8 Å². The number of esters is 1. The van der Waals surface area contributed by atoms with Crippen LogP contribution in [0.15, 0.2) is 60.4 Å². The molecule has 1 saturated heterocycles. The molecule has 1 atom stereocenters. The number of carbonyl (C=O) groups excluding carboxylic acids is 3. The highest BCUT2D eigenvalue weighted by Gasteiger charge is 2.47. The molecule has 1 fully saturated rings. The molecule has 0 radical (unpaired) electrons. The number of benzene rings is 2. The van der Waals surface area contributed by atoms with Gasteiger partial charge in [0.25, 0.3) is 11.7 Å². The van der Waals surface area contributed by atoms with Gasteiger partial charge in [0, 0.05) is 18.1 Å². The van der Waals surface area contributed by atoms with Crippen LogP contribution in [0.25, 0.3) is 5.76 Å². The van der Waals surface area contributed by atoms with Gasteiger partial charge in [0.1, 0.15) is 10.8 Å². The first-order valence-corrected chi connectivity index (χ1v) is 12.9. The van der Waals surface area contributed by atoms with Gasteiger partial charge in [-0.3, -0.25) is 19.5 Å². The fourth-order valence-electron chi connectivity index (χ4n) is 4.33. The van der Waals surface area contributed by atoms with Gasteiger partial charge in [0.2, 0.25) is 0 Å². The summed E-state index contributed by atoms with van der Waals surface area (Å²) in [5, 5.41) is 11.5. The molecule has 0 saturated carbocycles. The zero-order chi connectivity index (χ0) is 29.1. The number of amides is 1. The minimum Gasteiger partial charge on any atom is -0.507 e. The molecule has 3 aromatic rings. The molecule has 1 amide bonds. The molecule has 2 heterocycles. The molecule has 0 aliphatic carbocycles. The van der Waals surface area contributed by atoms with E-state index in [0.717, 1.165) is 0 Å². The van der Waals surface area contributed by atoms with Crippen LogP contribution in [0.4, 0.5) is 5.69 Å². The highest BCUT2D eigenvalue weighted by molar-refractivity contribution is 6.52. The van der Waals surface area contributed by atoms with Crippen molar-refractivity contribution < 1.29 is 33.7 Å². The first-order chi connectivity index (χ1) is 19.1. The number of hydrogen-bond acceptors (Lipinski definition) is 8. The number of ketones is 1. The second kappa shape index (κ2) is 12.0. The van der Waals surface area contributed by atoms with Gasteiger partial charge in [-0.1, -0.05) is 43.1 Å². The van der Waals surface area contributed by atoms with Crippen molar-refractivity contribution >= 4 is 52.3 Å². The smallest absolute Gasteiger partial charge is 0.338 e. The van der Waals surface area contributed by atoms with Crippen molar-refractivity contribution in [3.63, 3.8) is 0 Å². The Balaban J connectivity index is 1.86. The maximum absolute atomic E-state index is 13.5. The molecule has 208 valence electrons. The number of hydrogen-bond donors (Lipinski definition) is 1. The summed E-state index contributed by atoms with van der Waals surface area (Å²) in [5.74, 6) is -2.61. The van der Waals surface area contributed by atoms with Crippen molar-refractivity contribution in [1.29, 1.82) is 0 Å². The summed E-state index contributed by atoms with van der Waals surface area (Å²) in [7, 11) is 2.70. The van der Waals surface area contributed by atoms with Gasteiger partial charge in [-0.15, -0.1) is 0 Å². The molecule has 11 heteroatoms. The number of Topliss-reactive ketones (excluding diaryl/α,β-unsaturated/α-hetero) is 1. The average molecular weight is 585 g/mol. The van der Waals surface area contributed by atoms with E-state index in [4.69, 9.17) is 37.4 Å². The van der Waals surface area contributed by atoms with Crippen LogP contribution in [0.3, 0.4) is 0 Å². The number of pyridine rings is 1. The van der Waals surface area contributed by atoms with Crippen molar-refractivity contribution in [3.05, 3.63) is 87.2 Å². The fourth-order valence-corrected chi connectivity index (χ4v) is 5.01. The Morgan fingerprint density at radius 1 is 1.07 bits per heavy atom. The second-order valence-corrected chi connectivity index (χ2v) is 10.1. The number of halogens is 2. The summed E-state index contributed by atoms with van der Waals surface area (Å²) in [6.45, 7) is 4.11. The number of rotatable bonds is 8. The highest BCUT2D eigenvalue weighted by atomic mass is 35.5. The molecule has 0 spiro atoms. The first-order valence-electron chi connectivity index (χ1n) is 12.2.